The van der Waals surface area contributed by atoms with E-state index < -0.39 is 0 Å². The zero-order valence-electron chi connectivity index (χ0n) is 14.8. The molecule has 2 aromatic carbocycles. The van der Waals surface area contributed by atoms with E-state index in [9.17, 15) is 4.79 Å². The van der Waals surface area contributed by atoms with Crippen molar-refractivity contribution in [1.82, 2.24) is 9.99 Å². The molecule has 0 radical (unpaired) electrons. The van der Waals surface area contributed by atoms with Gasteiger partial charge in [0, 0.05) is 5.39 Å². The van der Waals surface area contributed by atoms with Gasteiger partial charge in [0.25, 0.3) is 5.91 Å². The molecule has 0 saturated carbocycles. The van der Waals surface area contributed by atoms with E-state index >= 15 is 0 Å². The number of hydrogen-bond donors (Lipinski definition) is 2. The minimum Gasteiger partial charge on any atom is -0.344 e. The standard InChI is InChI=1S/C21H25N3O/c1-3-4-12-18-17-13-8-9-14-19(17)24(22)20(18)21(25)23-15(2)16-10-6-5-7-11-16/h5-11,13-15H,3-4,12,22H2,1-2H3,(H,23,25)/t15-/m1/s1. The highest BCUT2D eigenvalue weighted by atomic mass is 16.2. The van der Waals surface area contributed by atoms with Crippen LogP contribution in [-0.2, 0) is 6.42 Å². The Hall–Kier alpha value is -2.75. The Morgan fingerprint density at radius 2 is 1.80 bits per heavy atom. The van der Waals surface area contributed by atoms with Gasteiger partial charge in [-0.05, 0) is 37.0 Å². The SMILES string of the molecule is CCCCc1c(C(=O)N[C@H](C)c2ccccc2)n(N)c2ccccc12. The quantitative estimate of drug-likeness (QED) is 0.664. The summed E-state index contributed by atoms with van der Waals surface area (Å²) in [4.78, 5) is 13.0. The van der Waals surface area contributed by atoms with Gasteiger partial charge in [-0.25, -0.2) is 0 Å². The van der Waals surface area contributed by atoms with E-state index in [0.717, 1.165) is 41.3 Å². The molecule has 1 aromatic heterocycles. The molecule has 4 nitrogen and oxygen atoms in total. The molecule has 3 aromatic rings. The highest BCUT2D eigenvalue weighted by Crippen LogP contribution is 2.26. The van der Waals surface area contributed by atoms with Crippen molar-refractivity contribution in [3.63, 3.8) is 0 Å². The fraction of sp³-hybridized carbons (Fsp3) is 0.286. The number of carbonyl (C=O) groups excluding carboxylic acids is 1. The highest BCUT2D eigenvalue weighted by Gasteiger charge is 2.22. The topological polar surface area (TPSA) is 60.0 Å². The van der Waals surface area contributed by atoms with Crippen LogP contribution < -0.4 is 11.2 Å². The van der Waals surface area contributed by atoms with Gasteiger partial charge in [0.2, 0.25) is 0 Å². The average Bonchev–Trinajstić information content (AvgIpc) is 2.93. The number of amides is 1. The van der Waals surface area contributed by atoms with E-state index in [1.807, 2.05) is 61.5 Å². The van der Waals surface area contributed by atoms with Crippen LogP contribution in [0.4, 0.5) is 0 Å². The lowest BCUT2D eigenvalue weighted by molar-refractivity contribution is 0.0931. The first-order chi connectivity index (χ1) is 12.1. The maximum atomic E-state index is 13.0. The van der Waals surface area contributed by atoms with Crippen molar-refractivity contribution < 1.29 is 4.79 Å². The normalized spacial score (nSPS) is 12.2. The largest absolute Gasteiger partial charge is 0.344 e. The Labute approximate surface area is 148 Å². The van der Waals surface area contributed by atoms with E-state index in [1.54, 1.807) is 0 Å². The lowest BCUT2D eigenvalue weighted by Gasteiger charge is -2.15. The van der Waals surface area contributed by atoms with Gasteiger partial charge in [-0.3, -0.25) is 9.47 Å². The molecule has 1 heterocycles. The van der Waals surface area contributed by atoms with Crippen molar-refractivity contribution in [2.45, 2.75) is 39.2 Å². The van der Waals surface area contributed by atoms with Gasteiger partial charge in [0.05, 0.1) is 11.6 Å². The third-order valence-electron chi connectivity index (χ3n) is 4.66. The van der Waals surface area contributed by atoms with Crippen molar-refractivity contribution in [2.75, 3.05) is 5.84 Å². The number of benzene rings is 2. The summed E-state index contributed by atoms with van der Waals surface area (Å²) in [6, 6.07) is 17.8. The van der Waals surface area contributed by atoms with Crippen LogP contribution in [0.5, 0.6) is 0 Å². The van der Waals surface area contributed by atoms with Gasteiger partial charge in [0.1, 0.15) is 5.69 Å². The van der Waals surface area contributed by atoms with Crippen molar-refractivity contribution in [3.8, 4) is 0 Å². The Bertz CT molecular complexity index is 867. The predicted molar refractivity (Wildman–Crippen MR) is 103 cm³/mol. The molecule has 0 spiro atoms. The van der Waals surface area contributed by atoms with Gasteiger partial charge in [-0.1, -0.05) is 61.9 Å². The molecule has 0 aliphatic carbocycles. The fourth-order valence-electron chi connectivity index (χ4n) is 3.28. The third kappa shape index (κ3) is 3.38. The summed E-state index contributed by atoms with van der Waals surface area (Å²) in [5, 5.41) is 4.16. The van der Waals surface area contributed by atoms with E-state index in [0.29, 0.717) is 5.69 Å². The maximum absolute atomic E-state index is 13.0. The van der Waals surface area contributed by atoms with E-state index in [2.05, 4.69) is 12.2 Å². The molecule has 1 atom stereocenters. The van der Waals surface area contributed by atoms with Crippen LogP contribution in [0.25, 0.3) is 10.9 Å². The molecule has 25 heavy (non-hydrogen) atoms. The molecule has 3 rings (SSSR count). The zero-order valence-corrected chi connectivity index (χ0v) is 14.8. The van der Waals surface area contributed by atoms with E-state index in [-0.39, 0.29) is 11.9 Å². The second-order valence-corrected chi connectivity index (χ2v) is 6.42. The summed E-state index contributed by atoms with van der Waals surface area (Å²) in [6.45, 7) is 4.14. The van der Waals surface area contributed by atoms with Crippen LogP contribution in [0.3, 0.4) is 0 Å². The van der Waals surface area contributed by atoms with Gasteiger partial charge >= 0.3 is 0 Å². The molecular formula is C21H25N3O. The molecule has 0 unspecified atom stereocenters. The lowest BCUT2D eigenvalue weighted by Crippen LogP contribution is -2.31. The Kier molecular flexibility index (Phi) is 5.08. The van der Waals surface area contributed by atoms with Crippen molar-refractivity contribution in [2.24, 2.45) is 0 Å². The maximum Gasteiger partial charge on any atom is 0.270 e. The number of nitrogen functional groups attached to an aromatic ring is 1. The number of nitrogens with two attached hydrogens (primary N) is 1. The number of rotatable bonds is 6. The Balaban J connectivity index is 1.96. The van der Waals surface area contributed by atoms with Crippen LogP contribution in [-0.4, -0.2) is 10.6 Å². The molecule has 3 N–H and O–H groups in total. The number of nitrogens with one attached hydrogen (secondary N) is 1. The number of carbonyl (C=O) groups is 1. The molecule has 130 valence electrons. The molecular weight excluding hydrogens is 310 g/mol. The number of fused-ring (bicyclic) bond motifs is 1. The molecule has 0 bridgehead atoms. The first-order valence-corrected chi connectivity index (χ1v) is 8.86. The first-order valence-electron chi connectivity index (χ1n) is 8.86. The summed E-state index contributed by atoms with van der Waals surface area (Å²) < 4.78 is 1.54. The number of aryl methyl sites for hydroxylation is 1. The molecule has 0 fully saturated rings. The fourth-order valence-corrected chi connectivity index (χ4v) is 3.28. The second kappa shape index (κ2) is 7.43. The number of nitrogens with zero attached hydrogens (tertiary/aromatic N) is 1. The van der Waals surface area contributed by atoms with Gasteiger partial charge in [-0.2, -0.15) is 0 Å². The molecule has 1 amide bonds. The molecule has 0 saturated heterocycles. The lowest BCUT2D eigenvalue weighted by atomic mass is 10.0. The first kappa shape index (κ1) is 17.1. The Morgan fingerprint density at radius 3 is 2.52 bits per heavy atom. The molecule has 4 heteroatoms. The monoisotopic (exact) mass is 335 g/mol. The third-order valence-corrected chi connectivity index (χ3v) is 4.66. The van der Waals surface area contributed by atoms with Crippen LogP contribution in [0.15, 0.2) is 54.6 Å². The number of aromatic nitrogens is 1. The van der Waals surface area contributed by atoms with Crippen LogP contribution in [0.1, 0.15) is 54.3 Å². The predicted octanol–water partition coefficient (Wildman–Crippen LogP) is 4.19. The summed E-state index contributed by atoms with van der Waals surface area (Å²) in [7, 11) is 0. The van der Waals surface area contributed by atoms with Gasteiger partial charge in [-0.15, -0.1) is 0 Å². The zero-order chi connectivity index (χ0) is 17.8. The minimum absolute atomic E-state index is 0.0780. The van der Waals surface area contributed by atoms with E-state index in [1.165, 1.54) is 4.68 Å². The number of hydrogen-bond acceptors (Lipinski definition) is 2. The van der Waals surface area contributed by atoms with Crippen LogP contribution >= 0.6 is 0 Å². The van der Waals surface area contributed by atoms with Crippen molar-refractivity contribution in [1.29, 1.82) is 0 Å². The number of para-hydroxylation sites is 1. The van der Waals surface area contributed by atoms with Gasteiger partial charge in [0.15, 0.2) is 0 Å². The average molecular weight is 335 g/mol. The van der Waals surface area contributed by atoms with Crippen LogP contribution in [0, 0.1) is 0 Å². The summed E-state index contributed by atoms with van der Waals surface area (Å²) in [5.74, 6) is 6.16. The Morgan fingerprint density at radius 1 is 1.12 bits per heavy atom. The van der Waals surface area contributed by atoms with Crippen LogP contribution in [0.2, 0.25) is 0 Å². The second-order valence-electron chi connectivity index (χ2n) is 6.42. The van der Waals surface area contributed by atoms with Gasteiger partial charge < -0.3 is 11.2 Å². The molecule has 0 aliphatic heterocycles. The molecule has 0 aliphatic rings. The van der Waals surface area contributed by atoms with E-state index in [4.69, 9.17) is 5.84 Å². The van der Waals surface area contributed by atoms with Crippen molar-refractivity contribution in [3.05, 3.63) is 71.4 Å². The highest BCUT2D eigenvalue weighted by molar-refractivity contribution is 6.02. The summed E-state index contributed by atoms with van der Waals surface area (Å²) in [6.07, 6.45) is 2.96. The number of unbranched alkanes of at least 4 members (excludes halogenated alkanes) is 1. The smallest absolute Gasteiger partial charge is 0.270 e. The minimum atomic E-state index is -0.124. The summed E-state index contributed by atoms with van der Waals surface area (Å²) in [5.41, 5.74) is 3.58. The van der Waals surface area contributed by atoms with Crippen molar-refractivity contribution >= 4 is 16.8 Å². The summed E-state index contributed by atoms with van der Waals surface area (Å²) >= 11 is 0.